The molecule has 0 aliphatic heterocycles. The molecule has 0 aliphatic rings. The topological polar surface area (TPSA) is 77.2 Å². The van der Waals surface area contributed by atoms with Crippen molar-refractivity contribution in [2.45, 2.75) is 19.2 Å². The summed E-state index contributed by atoms with van der Waals surface area (Å²) in [7, 11) is 0. The van der Waals surface area contributed by atoms with Crippen molar-refractivity contribution < 1.29 is 27.1 Å². The molecule has 164 valence electrons. The molecular formula is C22H15ClF3N3O3. The van der Waals surface area contributed by atoms with Crippen LogP contribution in [0.4, 0.5) is 18.9 Å². The number of anilines is 1. The zero-order chi connectivity index (χ0) is 22.9. The van der Waals surface area contributed by atoms with Crippen molar-refractivity contribution in [1.29, 1.82) is 0 Å². The van der Waals surface area contributed by atoms with Crippen molar-refractivity contribution in [1.82, 2.24) is 9.97 Å². The minimum atomic E-state index is -4.63. The zero-order valence-corrected chi connectivity index (χ0v) is 17.2. The number of fused-ring (bicyclic) bond motifs is 1. The predicted octanol–water partition coefficient (Wildman–Crippen LogP) is 5.97. The van der Waals surface area contributed by atoms with Gasteiger partial charge in [0.05, 0.1) is 10.6 Å². The summed E-state index contributed by atoms with van der Waals surface area (Å²) in [5.41, 5.74) is 1.18. The maximum Gasteiger partial charge on any atom is 0.417 e. The van der Waals surface area contributed by atoms with E-state index in [2.05, 4.69) is 15.3 Å². The number of rotatable bonds is 5. The number of oxazole rings is 1. The molecule has 0 radical (unpaired) electrons. The van der Waals surface area contributed by atoms with Crippen molar-refractivity contribution in [2.75, 3.05) is 5.32 Å². The van der Waals surface area contributed by atoms with Crippen LogP contribution >= 0.6 is 11.6 Å². The van der Waals surface area contributed by atoms with Crippen LogP contribution in [0, 0.1) is 0 Å². The Hall–Kier alpha value is -3.59. The monoisotopic (exact) mass is 461 g/mol. The molecular weight excluding hydrogens is 447 g/mol. The first-order valence-electron chi connectivity index (χ1n) is 9.36. The van der Waals surface area contributed by atoms with Gasteiger partial charge in [0.15, 0.2) is 11.7 Å². The van der Waals surface area contributed by atoms with E-state index in [9.17, 15) is 18.0 Å². The van der Waals surface area contributed by atoms with Crippen molar-refractivity contribution in [3.63, 3.8) is 0 Å². The van der Waals surface area contributed by atoms with Crippen LogP contribution < -0.4 is 10.1 Å². The number of halogens is 4. The molecule has 2 aromatic heterocycles. The van der Waals surface area contributed by atoms with Crippen LogP contribution in [0.1, 0.15) is 12.5 Å². The van der Waals surface area contributed by atoms with Gasteiger partial charge in [-0.1, -0.05) is 17.7 Å². The second-order valence-corrected chi connectivity index (χ2v) is 7.18. The molecule has 0 bridgehead atoms. The van der Waals surface area contributed by atoms with Crippen LogP contribution in [0.15, 0.2) is 65.3 Å². The lowest BCUT2D eigenvalue weighted by Gasteiger charge is -2.17. The number of nitrogens with zero attached hydrogens (tertiary/aromatic N) is 2. The molecule has 32 heavy (non-hydrogen) atoms. The Morgan fingerprint density at radius 1 is 1.16 bits per heavy atom. The van der Waals surface area contributed by atoms with Gasteiger partial charge in [-0.2, -0.15) is 13.2 Å². The molecule has 0 spiro atoms. The average Bonchev–Trinajstić information content (AvgIpc) is 3.18. The highest BCUT2D eigenvalue weighted by Gasteiger charge is 2.34. The number of carbonyl (C=O) groups is 1. The molecule has 2 heterocycles. The summed E-state index contributed by atoms with van der Waals surface area (Å²) in [6, 6.07) is 11.7. The number of amides is 1. The third-order valence-corrected chi connectivity index (χ3v) is 4.91. The van der Waals surface area contributed by atoms with E-state index in [1.807, 2.05) is 0 Å². The Balaban J connectivity index is 1.49. The molecule has 2 aromatic carbocycles. The minimum Gasteiger partial charge on any atom is -0.479 e. The summed E-state index contributed by atoms with van der Waals surface area (Å²) in [6.07, 6.45) is -2.51. The maximum atomic E-state index is 13.0. The van der Waals surface area contributed by atoms with Crippen molar-refractivity contribution in [2.24, 2.45) is 0 Å². The van der Waals surface area contributed by atoms with Gasteiger partial charge in [0.2, 0.25) is 5.89 Å². The second kappa shape index (κ2) is 8.51. The first kappa shape index (κ1) is 21.6. The normalized spacial score (nSPS) is 12.5. The van der Waals surface area contributed by atoms with Gasteiger partial charge >= 0.3 is 6.18 Å². The molecule has 6 nitrogen and oxygen atoms in total. The standard InChI is InChI=1S/C22H15ClF3N3O3/c1-12(31-18-4-2-3-15(19(18)23)22(24,25)26)20(30)28-14-5-6-17-16(11-14)29-21(32-17)13-7-9-27-10-8-13/h2-12H,1H3,(H,28,30). The molecule has 0 saturated heterocycles. The molecule has 1 atom stereocenters. The lowest BCUT2D eigenvalue weighted by molar-refractivity contribution is -0.137. The van der Waals surface area contributed by atoms with Gasteiger partial charge in [-0.15, -0.1) is 0 Å². The molecule has 4 aromatic rings. The summed E-state index contributed by atoms with van der Waals surface area (Å²) in [6.45, 7) is 1.40. The predicted molar refractivity (Wildman–Crippen MR) is 112 cm³/mol. The molecule has 0 aliphatic carbocycles. The summed E-state index contributed by atoms with van der Waals surface area (Å²) in [5, 5.41) is 2.04. The Morgan fingerprint density at radius 3 is 2.62 bits per heavy atom. The van der Waals surface area contributed by atoms with Crippen molar-refractivity contribution in [3.8, 4) is 17.2 Å². The zero-order valence-electron chi connectivity index (χ0n) is 16.5. The van der Waals surface area contributed by atoms with Crippen LogP contribution in [0.2, 0.25) is 5.02 Å². The van der Waals surface area contributed by atoms with Gasteiger partial charge in [0.25, 0.3) is 5.91 Å². The van der Waals surface area contributed by atoms with Crippen molar-refractivity contribution >= 4 is 34.3 Å². The Labute approximate surface area is 185 Å². The van der Waals surface area contributed by atoms with E-state index in [4.69, 9.17) is 20.8 Å². The number of ether oxygens (including phenoxy) is 1. The number of pyridine rings is 1. The van der Waals surface area contributed by atoms with E-state index < -0.39 is 28.8 Å². The molecule has 1 amide bonds. The Bertz CT molecular complexity index is 1280. The SMILES string of the molecule is CC(Oc1cccc(C(F)(F)F)c1Cl)C(=O)Nc1ccc2oc(-c3ccncc3)nc2c1. The third kappa shape index (κ3) is 4.52. The maximum absolute atomic E-state index is 13.0. The first-order valence-corrected chi connectivity index (χ1v) is 9.74. The van der Waals surface area contributed by atoms with E-state index in [-0.39, 0.29) is 5.75 Å². The smallest absolute Gasteiger partial charge is 0.417 e. The van der Waals surface area contributed by atoms with Gasteiger partial charge in [0, 0.05) is 23.6 Å². The highest BCUT2D eigenvalue weighted by atomic mass is 35.5. The van der Waals surface area contributed by atoms with Crippen LogP contribution in [0.3, 0.4) is 0 Å². The van der Waals surface area contributed by atoms with Gasteiger partial charge in [-0.3, -0.25) is 9.78 Å². The number of aromatic nitrogens is 2. The number of nitrogens with one attached hydrogen (secondary N) is 1. The van der Waals surface area contributed by atoms with Crippen LogP contribution in [-0.2, 0) is 11.0 Å². The highest BCUT2D eigenvalue weighted by molar-refractivity contribution is 6.32. The van der Waals surface area contributed by atoms with E-state index >= 15 is 0 Å². The summed E-state index contributed by atoms with van der Waals surface area (Å²) in [4.78, 5) is 20.9. The van der Waals surface area contributed by atoms with Crippen LogP contribution in [0.5, 0.6) is 5.75 Å². The molecule has 10 heteroatoms. The van der Waals surface area contributed by atoms with E-state index in [1.54, 1.807) is 42.7 Å². The number of benzene rings is 2. The Kier molecular flexibility index (Phi) is 5.75. The average molecular weight is 462 g/mol. The van der Waals surface area contributed by atoms with Gasteiger partial charge in [-0.25, -0.2) is 4.98 Å². The largest absolute Gasteiger partial charge is 0.479 e. The second-order valence-electron chi connectivity index (χ2n) is 6.80. The van der Waals surface area contributed by atoms with E-state index in [1.165, 1.54) is 13.0 Å². The molecule has 0 saturated carbocycles. The fourth-order valence-corrected chi connectivity index (χ4v) is 3.21. The van der Waals surface area contributed by atoms with Gasteiger partial charge < -0.3 is 14.5 Å². The van der Waals surface area contributed by atoms with Crippen molar-refractivity contribution in [3.05, 3.63) is 71.5 Å². The fourth-order valence-electron chi connectivity index (χ4n) is 2.93. The summed E-state index contributed by atoms with van der Waals surface area (Å²) >= 11 is 5.82. The quantitative estimate of drug-likeness (QED) is 0.396. The van der Waals surface area contributed by atoms with Gasteiger partial charge in [-0.05, 0) is 49.4 Å². The number of hydrogen-bond acceptors (Lipinski definition) is 5. The molecule has 4 rings (SSSR count). The fraction of sp³-hybridized carbons (Fsp3) is 0.136. The minimum absolute atomic E-state index is 0.238. The number of carbonyl (C=O) groups excluding carboxylic acids is 1. The van der Waals surface area contributed by atoms with Crippen LogP contribution in [-0.4, -0.2) is 22.0 Å². The molecule has 1 unspecified atom stereocenters. The Morgan fingerprint density at radius 2 is 1.91 bits per heavy atom. The highest BCUT2D eigenvalue weighted by Crippen LogP contribution is 2.39. The summed E-state index contributed by atoms with van der Waals surface area (Å²) < 4.78 is 50.1. The molecule has 1 N–H and O–H groups in total. The lowest BCUT2D eigenvalue weighted by atomic mass is 10.2. The number of alkyl halides is 3. The lowest BCUT2D eigenvalue weighted by Crippen LogP contribution is -2.30. The first-order chi connectivity index (χ1) is 15.2. The molecule has 0 fully saturated rings. The van der Waals surface area contributed by atoms with E-state index in [0.717, 1.165) is 17.7 Å². The number of hydrogen-bond donors (Lipinski definition) is 1. The van der Waals surface area contributed by atoms with Gasteiger partial charge in [0.1, 0.15) is 11.3 Å². The van der Waals surface area contributed by atoms with Crippen LogP contribution in [0.25, 0.3) is 22.6 Å². The summed E-state index contributed by atoms with van der Waals surface area (Å²) in [5.74, 6) is -0.407. The van der Waals surface area contributed by atoms with E-state index in [0.29, 0.717) is 22.7 Å². The third-order valence-electron chi connectivity index (χ3n) is 4.52.